The van der Waals surface area contributed by atoms with Crippen LogP contribution in [0.4, 0.5) is 5.82 Å². The number of nitrogens with zero attached hydrogens (tertiary/aromatic N) is 4. The fourth-order valence-electron chi connectivity index (χ4n) is 1.13. The Balaban J connectivity index is 2.37. The van der Waals surface area contributed by atoms with Crippen molar-refractivity contribution in [2.45, 2.75) is 13.3 Å². The van der Waals surface area contributed by atoms with Crippen LogP contribution in [0.15, 0.2) is 18.6 Å². The fraction of sp³-hybridized carbons (Fsp3) is 0.375. The molecule has 1 N–H and O–H groups in total. The predicted octanol–water partition coefficient (Wildman–Crippen LogP) is 0.946. The van der Waals surface area contributed by atoms with Crippen molar-refractivity contribution in [2.24, 2.45) is 0 Å². The molecule has 0 aliphatic rings. The molecule has 5 nitrogen and oxygen atoms in total. The Labute approximate surface area is 75.8 Å². The quantitative estimate of drug-likeness (QED) is 0.758. The van der Waals surface area contributed by atoms with Gasteiger partial charge in [-0.1, -0.05) is 6.92 Å². The second-order valence-electron chi connectivity index (χ2n) is 2.73. The van der Waals surface area contributed by atoms with Gasteiger partial charge in [0.1, 0.15) is 12.1 Å². The Kier molecular flexibility index (Phi) is 2.08. The van der Waals surface area contributed by atoms with Gasteiger partial charge in [0.25, 0.3) is 5.78 Å². The number of hydrogen-bond acceptors (Lipinski definition) is 4. The maximum Gasteiger partial charge on any atom is 0.254 e. The molecule has 2 rings (SSSR count). The van der Waals surface area contributed by atoms with Crippen molar-refractivity contribution >= 4 is 11.6 Å². The van der Waals surface area contributed by atoms with Gasteiger partial charge in [0.2, 0.25) is 0 Å². The molecule has 0 spiro atoms. The number of fused-ring (bicyclic) bond motifs is 1. The van der Waals surface area contributed by atoms with Gasteiger partial charge in [-0.15, -0.1) is 0 Å². The SMILES string of the molecule is CCCNc1ccnc2ncnn12. The summed E-state index contributed by atoms with van der Waals surface area (Å²) in [5.41, 5.74) is 0. The van der Waals surface area contributed by atoms with E-state index in [-0.39, 0.29) is 0 Å². The van der Waals surface area contributed by atoms with Crippen LogP contribution >= 0.6 is 0 Å². The highest BCUT2D eigenvalue weighted by atomic mass is 15.3. The molecule has 0 unspecified atom stereocenters. The Morgan fingerprint density at radius 3 is 3.23 bits per heavy atom. The molecule has 0 bridgehead atoms. The largest absolute Gasteiger partial charge is 0.370 e. The maximum atomic E-state index is 4.06. The Morgan fingerprint density at radius 2 is 2.38 bits per heavy atom. The molecule has 0 aromatic carbocycles. The summed E-state index contributed by atoms with van der Waals surface area (Å²) in [5.74, 6) is 1.56. The van der Waals surface area contributed by atoms with Crippen LogP contribution in [0.25, 0.3) is 5.78 Å². The first-order chi connectivity index (χ1) is 6.42. The van der Waals surface area contributed by atoms with E-state index in [1.54, 1.807) is 10.7 Å². The van der Waals surface area contributed by atoms with Crippen molar-refractivity contribution in [1.82, 2.24) is 19.6 Å². The van der Waals surface area contributed by atoms with Gasteiger partial charge >= 0.3 is 0 Å². The first kappa shape index (κ1) is 7.97. The van der Waals surface area contributed by atoms with Gasteiger partial charge in [0, 0.05) is 12.7 Å². The highest BCUT2D eigenvalue weighted by molar-refractivity contribution is 5.41. The van der Waals surface area contributed by atoms with Crippen LogP contribution in [0.1, 0.15) is 13.3 Å². The van der Waals surface area contributed by atoms with Gasteiger partial charge in [0.05, 0.1) is 0 Å². The summed E-state index contributed by atoms with van der Waals surface area (Å²) in [5, 5.41) is 7.30. The van der Waals surface area contributed by atoms with Gasteiger partial charge < -0.3 is 5.32 Å². The monoisotopic (exact) mass is 177 g/mol. The van der Waals surface area contributed by atoms with Gasteiger partial charge in [-0.05, 0) is 12.5 Å². The molecular weight excluding hydrogens is 166 g/mol. The van der Waals surface area contributed by atoms with E-state index in [1.165, 1.54) is 6.33 Å². The normalized spacial score (nSPS) is 10.5. The summed E-state index contributed by atoms with van der Waals surface area (Å²) in [6, 6.07) is 1.89. The van der Waals surface area contributed by atoms with E-state index >= 15 is 0 Å². The number of rotatable bonds is 3. The highest BCUT2D eigenvalue weighted by Crippen LogP contribution is 2.05. The van der Waals surface area contributed by atoms with Crippen molar-refractivity contribution in [2.75, 3.05) is 11.9 Å². The zero-order valence-corrected chi connectivity index (χ0v) is 7.44. The van der Waals surface area contributed by atoms with Crippen LogP contribution in [-0.4, -0.2) is 26.1 Å². The fourth-order valence-corrected chi connectivity index (χ4v) is 1.13. The molecule has 0 radical (unpaired) electrons. The molecule has 0 amide bonds. The predicted molar refractivity (Wildman–Crippen MR) is 49.6 cm³/mol. The lowest BCUT2D eigenvalue weighted by Gasteiger charge is -2.04. The van der Waals surface area contributed by atoms with Crippen molar-refractivity contribution < 1.29 is 0 Å². The lowest BCUT2D eigenvalue weighted by Crippen LogP contribution is -2.06. The maximum absolute atomic E-state index is 4.06. The van der Waals surface area contributed by atoms with E-state index in [2.05, 4.69) is 27.3 Å². The minimum atomic E-state index is 0.626. The molecule has 0 saturated heterocycles. The molecule has 0 fully saturated rings. The first-order valence-corrected chi connectivity index (χ1v) is 4.30. The zero-order chi connectivity index (χ0) is 9.10. The van der Waals surface area contributed by atoms with Gasteiger partial charge in [-0.25, -0.2) is 4.98 Å². The molecule has 0 atom stereocenters. The van der Waals surface area contributed by atoms with Crippen molar-refractivity contribution in [3.63, 3.8) is 0 Å². The summed E-state index contributed by atoms with van der Waals surface area (Å²) >= 11 is 0. The summed E-state index contributed by atoms with van der Waals surface area (Å²) in [6.45, 7) is 3.05. The average molecular weight is 177 g/mol. The lowest BCUT2D eigenvalue weighted by molar-refractivity contribution is 0.902. The summed E-state index contributed by atoms with van der Waals surface area (Å²) in [7, 11) is 0. The van der Waals surface area contributed by atoms with Crippen LogP contribution in [-0.2, 0) is 0 Å². The Hall–Kier alpha value is -1.65. The van der Waals surface area contributed by atoms with Crippen molar-refractivity contribution in [3.8, 4) is 0 Å². The van der Waals surface area contributed by atoms with E-state index in [4.69, 9.17) is 0 Å². The summed E-state index contributed by atoms with van der Waals surface area (Å²) in [4.78, 5) is 8.05. The number of aromatic nitrogens is 4. The van der Waals surface area contributed by atoms with E-state index in [0.29, 0.717) is 5.78 Å². The van der Waals surface area contributed by atoms with Crippen molar-refractivity contribution in [1.29, 1.82) is 0 Å². The molecule has 5 heteroatoms. The topological polar surface area (TPSA) is 55.1 Å². The summed E-state index contributed by atoms with van der Waals surface area (Å²) in [6.07, 6.45) is 4.31. The molecule has 0 aliphatic carbocycles. The molecule has 0 aliphatic heterocycles. The minimum absolute atomic E-state index is 0.626. The minimum Gasteiger partial charge on any atom is -0.370 e. The van der Waals surface area contributed by atoms with Crippen LogP contribution in [0.5, 0.6) is 0 Å². The second-order valence-corrected chi connectivity index (χ2v) is 2.73. The van der Waals surface area contributed by atoms with Gasteiger partial charge in [-0.2, -0.15) is 14.6 Å². The van der Waals surface area contributed by atoms with Crippen molar-refractivity contribution in [3.05, 3.63) is 18.6 Å². The third-order valence-electron chi connectivity index (χ3n) is 1.74. The molecule has 68 valence electrons. The molecule has 2 aromatic heterocycles. The summed E-state index contributed by atoms with van der Waals surface area (Å²) < 4.78 is 1.69. The molecule has 2 aromatic rings. The van der Waals surface area contributed by atoms with Gasteiger partial charge in [-0.3, -0.25) is 0 Å². The number of hydrogen-bond donors (Lipinski definition) is 1. The Morgan fingerprint density at radius 1 is 1.46 bits per heavy atom. The van der Waals surface area contributed by atoms with Crippen LogP contribution in [0, 0.1) is 0 Å². The average Bonchev–Trinajstić information content (AvgIpc) is 2.62. The third kappa shape index (κ3) is 1.44. The van der Waals surface area contributed by atoms with Crippen LogP contribution in [0.3, 0.4) is 0 Å². The third-order valence-corrected chi connectivity index (χ3v) is 1.74. The standard InChI is InChI=1S/C8H11N5/c1-2-4-9-7-3-5-10-8-11-6-12-13(7)8/h3,5-6,9H,2,4H2,1H3. The van der Waals surface area contributed by atoms with E-state index in [9.17, 15) is 0 Å². The second kappa shape index (κ2) is 3.38. The molecular formula is C8H11N5. The lowest BCUT2D eigenvalue weighted by atomic mass is 10.4. The van der Waals surface area contributed by atoms with Crippen LogP contribution in [0.2, 0.25) is 0 Å². The zero-order valence-electron chi connectivity index (χ0n) is 7.44. The molecule has 13 heavy (non-hydrogen) atoms. The van der Waals surface area contributed by atoms with Gasteiger partial charge in [0.15, 0.2) is 0 Å². The number of anilines is 1. The van der Waals surface area contributed by atoms with E-state index in [1.807, 2.05) is 6.07 Å². The Bertz CT molecular complexity index is 394. The van der Waals surface area contributed by atoms with E-state index < -0.39 is 0 Å². The molecule has 0 saturated carbocycles. The first-order valence-electron chi connectivity index (χ1n) is 4.30. The number of nitrogens with one attached hydrogen (secondary N) is 1. The van der Waals surface area contributed by atoms with E-state index in [0.717, 1.165) is 18.8 Å². The van der Waals surface area contributed by atoms with Crippen LogP contribution < -0.4 is 5.32 Å². The smallest absolute Gasteiger partial charge is 0.254 e. The highest BCUT2D eigenvalue weighted by Gasteiger charge is 2.00. The molecule has 2 heterocycles.